The number of aromatic nitrogens is 4. The van der Waals surface area contributed by atoms with E-state index >= 15 is 0 Å². The van der Waals surface area contributed by atoms with Crippen LogP contribution in [0.25, 0.3) is 43.6 Å². The van der Waals surface area contributed by atoms with Crippen LogP contribution in [0.1, 0.15) is 22.8 Å². The smallest absolute Gasteiger partial charge is 0.0456 e. The third kappa shape index (κ3) is 4.62. The Bertz CT molecular complexity index is 1690. The molecule has 0 aliphatic rings. The highest BCUT2D eigenvalue weighted by Crippen LogP contribution is 2.38. The minimum atomic E-state index is -0.108. The summed E-state index contributed by atoms with van der Waals surface area (Å²) in [5.41, 5.74) is 9.75. The number of benzene rings is 4. The Labute approximate surface area is 238 Å². The maximum atomic E-state index is 3.76. The van der Waals surface area contributed by atoms with E-state index < -0.39 is 0 Å². The zero-order chi connectivity index (χ0) is 27.2. The Hall–Kier alpha value is -4.96. The fraction of sp³-hybridized carbons (Fsp3) is 0.135. The molecule has 41 heavy (non-hydrogen) atoms. The fourth-order valence-electron chi connectivity index (χ4n) is 6.91. The molecule has 0 bridgehead atoms. The van der Waals surface area contributed by atoms with Gasteiger partial charge in [-0.05, 0) is 101 Å². The third-order valence-electron chi connectivity index (χ3n) is 8.60. The van der Waals surface area contributed by atoms with Crippen LogP contribution in [0.2, 0.25) is 0 Å². The molecule has 4 nitrogen and oxygen atoms in total. The van der Waals surface area contributed by atoms with Crippen LogP contribution >= 0.6 is 0 Å². The van der Waals surface area contributed by atoms with Crippen molar-refractivity contribution in [2.75, 3.05) is 0 Å². The van der Waals surface area contributed by atoms with Gasteiger partial charge in [-0.25, -0.2) is 0 Å². The number of H-pyrrole nitrogens is 4. The zero-order valence-corrected chi connectivity index (χ0v) is 22.9. The first-order chi connectivity index (χ1) is 20.2. The van der Waals surface area contributed by atoms with Gasteiger partial charge >= 0.3 is 0 Å². The van der Waals surface area contributed by atoms with Gasteiger partial charge in [0, 0.05) is 44.8 Å². The molecule has 8 rings (SSSR count). The first-order valence-corrected chi connectivity index (χ1v) is 14.4. The van der Waals surface area contributed by atoms with Gasteiger partial charge in [-0.1, -0.05) is 72.8 Å². The van der Waals surface area contributed by atoms with E-state index in [0.717, 1.165) is 25.7 Å². The molecule has 0 saturated carbocycles. The van der Waals surface area contributed by atoms with Crippen molar-refractivity contribution in [3.8, 4) is 0 Å². The number of rotatable bonds is 8. The Morgan fingerprint density at radius 1 is 0.341 bits per heavy atom. The molecule has 0 radical (unpaired) electrons. The van der Waals surface area contributed by atoms with Gasteiger partial charge < -0.3 is 19.9 Å². The molecule has 4 heterocycles. The van der Waals surface area contributed by atoms with Crippen molar-refractivity contribution in [3.05, 3.63) is 144 Å². The molecule has 0 fully saturated rings. The normalized spacial score (nSPS) is 12.3. The molecular formula is C37H32N4. The Morgan fingerprint density at radius 3 is 0.829 bits per heavy atom. The Kier molecular flexibility index (Phi) is 5.59. The second kappa shape index (κ2) is 9.60. The molecule has 0 atom stereocenters. The highest BCUT2D eigenvalue weighted by molar-refractivity contribution is 5.82. The van der Waals surface area contributed by atoms with Gasteiger partial charge in [-0.15, -0.1) is 0 Å². The maximum Gasteiger partial charge on any atom is 0.0456 e. The van der Waals surface area contributed by atoms with Gasteiger partial charge in [-0.2, -0.15) is 0 Å². The molecule has 8 aromatic rings. The van der Waals surface area contributed by atoms with Gasteiger partial charge in [-0.3, -0.25) is 0 Å². The average Bonchev–Trinajstić information content (AvgIpc) is 3.75. The van der Waals surface area contributed by atoms with E-state index in [4.69, 9.17) is 0 Å². The molecule has 0 saturated heterocycles. The van der Waals surface area contributed by atoms with Crippen LogP contribution in [0, 0.1) is 5.41 Å². The first kappa shape index (κ1) is 23.9. The zero-order valence-electron chi connectivity index (χ0n) is 22.9. The van der Waals surface area contributed by atoms with Crippen molar-refractivity contribution in [1.82, 2.24) is 19.9 Å². The predicted octanol–water partition coefficient (Wildman–Crippen LogP) is 8.87. The minimum absolute atomic E-state index is 0.108. The minimum Gasteiger partial charge on any atom is -0.358 e. The second-order valence-corrected chi connectivity index (χ2v) is 11.7. The molecule has 4 heteroatoms. The summed E-state index contributed by atoms with van der Waals surface area (Å²) < 4.78 is 0. The van der Waals surface area contributed by atoms with Gasteiger partial charge in [0.2, 0.25) is 0 Å². The lowest BCUT2D eigenvalue weighted by atomic mass is 9.72. The van der Waals surface area contributed by atoms with Crippen LogP contribution in [0.5, 0.6) is 0 Å². The molecule has 4 N–H and O–H groups in total. The van der Waals surface area contributed by atoms with Gasteiger partial charge in [0.25, 0.3) is 0 Å². The maximum absolute atomic E-state index is 3.76. The lowest BCUT2D eigenvalue weighted by Crippen LogP contribution is -2.33. The number of para-hydroxylation sites is 4. The largest absolute Gasteiger partial charge is 0.358 e. The van der Waals surface area contributed by atoms with E-state index in [1.165, 1.54) is 66.4 Å². The summed E-state index contributed by atoms with van der Waals surface area (Å²) >= 11 is 0. The van der Waals surface area contributed by atoms with E-state index in [1.54, 1.807) is 0 Å². The molecule has 0 amide bonds. The molecule has 0 aliphatic carbocycles. The molecule has 0 aliphatic heterocycles. The second-order valence-electron chi connectivity index (χ2n) is 11.7. The number of nitrogens with one attached hydrogen (secondary N) is 4. The fourth-order valence-corrected chi connectivity index (χ4v) is 6.91. The van der Waals surface area contributed by atoms with E-state index in [-0.39, 0.29) is 5.41 Å². The van der Waals surface area contributed by atoms with Crippen molar-refractivity contribution in [3.63, 3.8) is 0 Å². The molecule has 0 spiro atoms. The predicted molar refractivity (Wildman–Crippen MR) is 170 cm³/mol. The van der Waals surface area contributed by atoms with Crippen LogP contribution in [0.3, 0.4) is 0 Å². The van der Waals surface area contributed by atoms with E-state index in [0.29, 0.717) is 0 Å². The highest BCUT2D eigenvalue weighted by Gasteiger charge is 2.34. The molecule has 0 unspecified atom stereocenters. The summed E-state index contributed by atoms with van der Waals surface area (Å²) in [6.07, 6.45) is 3.67. The number of hydrogen-bond donors (Lipinski definition) is 4. The van der Waals surface area contributed by atoms with Crippen LogP contribution in [0.15, 0.2) is 121 Å². The lowest BCUT2D eigenvalue weighted by molar-refractivity contribution is 0.267. The van der Waals surface area contributed by atoms with Crippen molar-refractivity contribution in [2.45, 2.75) is 25.7 Å². The number of fused-ring (bicyclic) bond motifs is 4. The van der Waals surface area contributed by atoms with Crippen LogP contribution in [0.4, 0.5) is 0 Å². The van der Waals surface area contributed by atoms with Crippen molar-refractivity contribution in [1.29, 1.82) is 0 Å². The van der Waals surface area contributed by atoms with Gasteiger partial charge in [0.05, 0.1) is 0 Å². The van der Waals surface area contributed by atoms with E-state index in [9.17, 15) is 0 Å². The molecule has 4 aromatic carbocycles. The average molecular weight is 533 g/mol. The van der Waals surface area contributed by atoms with Crippen molar-refractivity contribution < 1.29 is 0 Å². The van der Waals surface area contributed by atoms with Crippen LogP contribution < -0.4 is 0 Å². The quantitative estimate of drug-likeness (QED) is 0.151. The molecule has 200 valence electrons. The monoisotopic (exact) mass is 532 g/mol. The lowest BCUT2D eigenvalue weighted by Gasteiger charge is -2.33. The summed E-state index contributed by atoms with van der Waals surface area (Å²) in [6, 6.07) is 43.7. The van der Waals surface area contributed by atoms with Crippen molar-refractivity contribution in [2.24, 2.45) is 5.41 Å². The summed E-state index contributed by atoms with van der Waals surface area (Å²) in [4.78, 5) is 15.0. The summed E-state index contributed by atoms with van der Waals surface area (Å²) in [6.45, 7) is 0. The topological polar surface area (TPSA) is 63.2 Å². The van der Waals surface area contributed by atoms with E-state index in [2.05, 4.69) is 141 Å². The van der Waals surface area contributed by atoms with Crippen LogP contribution in [-0.2, 0) is 25.7 Å². The van der Waals surface area contributed by atoms with Crippen LogP contribution in [-0.4, -0.2) is 19.9 Å². The Balaban J connectivity index is 1.28. The molecule has 4 aromatic heterocycles. The highest BCUT2D eigenvalue weighted by atomic mass is 14.8. The molecular weight excluding hydrogens is 500 g/mol. The standard InChI is InChI=1S/C37H32N4/c1-5-13-33-25(9-1)17-29(38-33)21-37(22-30-18-26-10-2-6-14-34(26)39-30,23-31-19-27-11-3-7-15-35(27)40-31)24-32-20-28-12-4-8-16-36(28)41-32/h1-20,38-41H,21-24H2. The van der Waals surface area contributed by atoms with Gasteiger partial charge in [0.15, 0.2) is 0 Å². The summed E-state index contributed by atoms with van der Waals surface area (Å²) in [5, 5.41) is 5.05. The van der Waals surface area contributed by atoms with Gasteiger partial charge in [0.1, 0.15) is 0 Å². The Morgan fingerprint density at radius 2 is 0.585 bits per heavy atom. The number of hydrogen-bond acceptors (Lipinski definition) is 0. The van der Waals surface area contributed by atoms with Crippen molar-refractivity contribution >= 4 is 43.6 Å². The number of aromatic amines is 4. The SMILES string of the molecule is c1ccc2[nH]c(CC(Cc3cc4ccccc4[nH]3)(Cc3cc4ccccc4[nH]3)Cc3cc4ccccc4[nH]3)cc2c1. The first-order valence-electron chi connectivity index (χ1n) is 14.4. The third-order valence-corrected chi connectivity index (χ3v) is 8.60. The summed E-state index contributed by atoms with van der Waals surface area (Å²) in [5.74, 6) is 0. The van der Waals surface area contributed by atoms with E-state index in [1.807, 2.05) is 0 Å². The summed E-state index contributed by atoms with van der Waals surface area (Å²) in [7, 11) is 0.